The second-order valence-electron chi connectivity index (χ2n) is 7.02. The minimum absolute atomic E-state index is 0. The number of rotatable bonds is 6. The van der Waals surface area contributed by atoms with Crippen molar-refractivity contribution in [2.24, 2.45) is 4.99 Å². The molecular weight excluding hydrogens is 443 g/mol. The van der Waals surface area contributed by atoms with Gasteiger partial charge in [-0.25, -0.2) is 0 Å². The Hall–Kier alpha value is -1.22. The summed E-state index contributed by atoms with van der Waals surface area (Å²) in [6, 6.07) is 8.48. The third-order valence-electron chi connectivity index (χ3n) is 5.11. The van der Waals surface area contributed by atoms with Crippen LogP contribution >= 0.6 is 24.0 Å². The monoisotopic (exact) mass is 474 g/mol. The lowest BCUT2D eigenvalue weighted by molar-refractivity contribution is -0.0236. The average Bonchev–Trinajstić information content (AvgIpc) is 3.06. The summed E-state index contributed by atoms with van der Waals surface area (Å²) < 4.78 is 5.48. The first kappa shape index (κ1) is 21.1. The molecule has 0 radical (unpaired) electrons. The molecule has 0 spiro atoms. The molecule has 3 N–H and O–H groups in total. The highest BCUT2D eigenvalue weighted by atomic mass is 127. The van der Waals surface area contributed by atoms with Crippen LogP contribution in [-0.4, -0.2) is 56.0 Å². The van der Waals surface area contributed by atoms with E-state index in [9.17, 15) is 5.11 Å². The summed E-state index contributed by atoms with van der Waals surface area (Å²) in [5.41, 5.74) is 0.557. The number of nitrogens with zero attached hydrogens (tertiary/aromatic N) is 2. The molecule has 1 atom stereocenters. The summed E-state index contributed by atoms with van der Waals surface area (Å²) in [7, 11) is 1.71. The van der Waals surface area contributed by atoms with Gasteiger partial charge in [-0.1, -0.05) is 12.1 Å². The second kappa shape index (κ2) is 9.64. The van der Waals surface area contributed by atoms with Crippen molar-refractivity contribution in [3.05, 3.63) is 24.3 Å². The molecule has 1 aliphatic carbocycles. The van der Waals surface area contributed by atoms with Crippen molar-refractivity contribution in [3.8, 4) is 5.75 Å². The van der Waals surface area contributed by atoms with Gasteiger partial charge in [0.15, 0.2) is 5.96 Å². The Bertz CT molecular complexity index is 607. The molecule has 2 fully saturated rings. The van der Waals surface area contributed by atoms with Crippen molar-refractivity contribution in [1.82, 2.24) is 10.6 Å². The highest BCUT2D eigenvalue weighted by molar-refractivity contribution is 14.0. The van der Waals surface area contributed by atoms with Crippen LogP contribution in [0, 0.1) is 0 Å². The predicted molar refractivity (Wildman–Crippen MR) is 117 cm³/mol. The normalized spacial score (nSPS) is 21.6. The summed E-state index contributed by atoms with van der Waals surface area (Å²) >= 11 is 0. The van der Waals surface area contributed by atoms with E-state index in [4.69, 9.17) is 4.74 Å². The molecule has 3 rings (SSSR count). The molecule has 0 amide bonds. The minimum Gasteiger partial charge on any atom is -0.495 e. The zero-order chi connectivity index (χ0) is 17.7. The number of guanidine groups is 1. The van der Waals surface area contributed by atoms with E-state index in [0.29, 0.717) is 12.6 Å². The van der Waals surface area contributed by atoms with Gasteiger partial charge in [0, 0.05) is 25.7 Å². The lowest BCUT2D eigenvalue weighted by atomic mass is 9.80. The molecule has 2 aliphatic rings. The number of ether oxygens (including phenoxy) is 1. The first-order chi connectivity index (χ1) is 12.1. The zero-order valence-corrected chi connectivity index (χ0v) is 18.0. The molecule has 0 aromatic heterocycles. The van der Waals surface area contributed by atoms with Gasteiger partial charge in [0.25, 0.3) is 0 Å². The smallest absolute Gasteiger partial charge is 0.191 e. The number of anilines is 1. The lowest BCUT2D eigenvalue weighted by Crippen LogP contribution is -2.46. The van der Waals surface area contributed by atoms with Crippen LogP contribution in [0.3, 0.4) is 0 Å². The summed E-state index contributed by atoms with van der Waals surface area (Å²) in [6.07, 6.45) is 3.88. The fourth-order valence-electron chi connectivity index (χ4n) is 3.47. The molecule has 1 unspecified atom stereocenters. The van der Waals surface area contributed by atoms with Crippen molar-refractivity contribution >= 4 is 35.6 Å². The van der Waals surface area contributed by atoms with Crippen LogP contribution in [0.1, 0.15) is 32.6 Å². The quantitative estimate of drug-likeness (QED) is 0.336. The molecule has 1 saturated carbocycles. The van der Waals surface area contributed by atoms with Gasteiger partial charge in [0.05, 0.1) is 24.9 Å². The van der Waals surface area contributed by atoms with Gasteiger partial charge >= 0.3 is 0 Å². The van der Waals surface area contributed by atoms with Crippen LogP contribution in [0.5, 0.6) is 5.75 Å². The Balaban J connectivity index is 0.00000243. The van der Waals surface area contributed by atoms with E-state index in [-0.39, 0.29) is 24.0 Å². The van der Waals surface area contributed by atoms with Crippen LogP contribution in [0.25, 0.3) is 0 Å². The van der Waals surface area contributed by atoms with Gasteiger partial charge in [0.2, 0.25) is 0 Å². The number of aliphatic imine (C=N–C) groups is 1. The lowest BCUT2D eigenvalue weighted by Gasteiger charge is -2.35. The van der Waals surface area contributed by atoms with Gasteiger partial charge < -0.3 is 25.4 Å². The maximum absolute atomic E-state index is 10.3. The molecule has 7 heteroatoms. The Morgan fingerprint density at radius 1 is 1.38 bits per heavy atom. The Morgan fingerprint density at radius 2 is 2.15 bits per heavy atom. The van der Waals surface area contributed by atoms with Crippen molar-refractivity contribution in [2.45, 2.75) is 44.2 Å². The van der Waals surface area contributed by atoms with E-state index in [0.717, 1.165) is 62.7 Å². The molecule has 26 heavy (non-hydrogen) atoms. The van der Waals surface area contributed by atoms with Gasteiger partial charge in [-0.3, -0.25) is 4.99 Å². The number of para-hydroxylation sites is 2. The van der Waals surface area contributed by atoms with Crippen LogP contribution in [0.4, 0.5) is 5.69 Å². The van der Waals surface area contributed by atoms with E-state index in [1.165, 1.54) is 0 Å². The number of nitrogens with one attached hydrogen (secondary N) is 2. The zero-order valence-electron chi connectivity index (χ0n) is 15.7. The molecule has 1 aromatic rings. The molecule has 6 nitrogen and oxygen atoms in total. The van der Waals surface area contributed by atoms with E-state index in [1.807, 2.05) is 18.2 Å². The molecule has 1 heterocycles. The Morgan fingerprint density at radius 3 is 2.81 bits per heavy atom. The molecular formula is C19H31IN4O2. The minimum atomic E-state index is -0.582. The van der Waals surface area contributed by atoms with Crippen molar-refractivity contribution in [2.75, 3.05) is 38.2 Å². The maximum atomic E-state index is 10.3. The molecule has 146 valence electrons. The third-order valence-corrected chi connectivity index (χ3v) is 5.11. The number of benzene rings is 1. The van der Waals surface area contributed by atoms with Gasteiger partial charge in [-0.2, -0.15) is 0 Å². The Kier molecular flexibility index (Phi) is 7.82. The Labute approximate surface area is 173 Å². The van der Waals surface area contributed by atoms with Crippen LogP contribution in [-0.2, 0) is 0 Å². The number of hydrogen-bond acceptors (Lipinski definition) is 4. The van der Waals surface area contributed by atoms with Crippen molar-refractivity contribution < 1.29 is 9.84 Å². The second-order valence-corrected chi connectivity index (χ2v) is 7.02. The number of halogens is 1. The largest absolute Gasteiger partial charge is 0.495 e. The van der Waals surface area contributed by atoms with E-state index < -0.39 is 5.60 Å². The van der Waals surface area contributed by atoms with Crippen LogP contribution < -0.4 is 20.3 Å². The summed E-state index contributed by atoms with van der Waals surface area (Å²) in [5.74, 6) is 1.71. The number of aliphatic hydroxyl groups is 1. The van der Waals surface area contributed by atoms with Gasteiger partial charge in [-0.05, 0) is 44.7 Å². The first-order valence-electron chi connectivity index (χ1n) is 9.29. The van der Waals surface area contributed by atoms with Gasteiger partial charge in [0.1, 0.15) is 5.75 Å². The predicted octanol–water partition coefficient (Wildman–Crippen LogP) is 2.36. The van der Waals surface area contributed by atoms with Crippen LogP contribution in [0.2, 0.25) is 0 Å². The number of hydrogen-bond donors (Lipinski definition) is 3. The highest BCUT2D eigenvalue weighted by Crippen LogP contribution is 2.32. The fraction of sp³-hybridized carbons (Fsp3) is 0.632. The first-order valence-corrected chi connectivity index (χ1v) is 9.29. The molecule has 0 bridgehead atoms. The molecule has 1 aromatic carbocycles. The highest BCUT2D eigenvalue weighted by Gasteiger charge is 2.34. The topological polar surface area (TPSA) is 69.1 Å². The SMILES string of the molecule is CCNC(=NCC1(O)CCC1)NC1CCN(c2ccccc2OC)C1.I. The summed E-state index contributed by atoms with van der Waals surface area (Å²) in [4.78, 5) is 6.95. The van der Waals surface area contributed by atoms with Crippen molar-refractivity contribution in [1.29, 1.82) is 0 Å². The summed E-state index contributed by atoms with van der Waals surface area (Å²) in [6.45, 7) is 5.25. The number of methoxy groups -OCH3 is 1. The van der Waals surface area contributed by atoms with Gasteiger partial charge in [-0.15, -0.1) is 24.0 Å². The maximum Gasteiger partial charge on any atom is 0.191 e. The van der Waals surface area contributed by atoms with E-state index in [1.54, 1.807) is 7.11 Å². The van der Waals surface area contributed by atoms with E-state index in [2.05, 4.69) is 33.5 Å². The van der Waals surface area contributed by atoms with Crippen LogP contribution in [0.15, 0.2) is 29.3 Å². The summed E-state index contributed by atoms with van der Waals surface area (Å²) in [5, 5.41) is 17.1. The van der Waals surface area contributed by atoms with E-state index >= 15 is 0 Å². The average molecular weight is 474 g/mol. The molecule has 1 saturated heterocycles. The third kappa shape index (κ3) is 5.16. The fourth-order valence-corrected chi connectivity index (χ4v) is 3.47. The standard InChI is InChI=1S/C19H30N4O2.HI/c1-3-20-18(21-14-19(24)10-6-11-19)22-15-9-12-23(13-15)16-7-4-5-8-17(16)25-2;/h4-5,7-8,15,24H,3,6,9-14H2,1-2H3,(H2,20,21,22);1H. The van der Waals surface area contributed by atoms with Crippen molar-refractivity contribution in [3.63, 3.8) is 0 Å². The molecule has 1 aliphatic heterocycles.